The molecule has 0 spiro atoms. The van der Waals surface area contributed by atoms with E-state index in [-0.39, 0.29) is 50.6 Å². The van der Waals surface area contributed by atoms with Gasteiger partial charge in [0.25, 0.3) is 0 Å². The Kier molecular flexibility index (Phi) is 8.43. The van der Waals surface area contributed by atoms with Crippen molar-refractivity contribution in [3.05, 3.63) is 11.6 Å². The molecule has 0 unspecified atom stereocenters. The number of methoxy groups -OCH3 is 1. The van der Waals surface area contributed by atoms with E-state index in [4.69, 9.17) is 19.9 Å². The average Bonchev–Trinajstić information content (AvgIpc) is 2.91. The standard InChI is InChI=1S/C38H65NO5/c1-23(2)24(3)33(7)17-18-35(9)25-13-14-28-34(8)20-43-22-38(28,26(25)15-16-36(35,10)29(33)31(40)41)19-27(42-12)30(34)44-21-37(11,39)32(4,5)6/h15,23-25,27-30H,13-14,16-22,39H2,1-12H3,(H,40,41)/t24-,25+,27-,28+,29-,30+,33-,34+,35-,36+,37-,38+/m1/s1. The molecule has 1 heterocycles. The number of hydrogen-bond donors (Lipinski definition) is 2. The molecule has 4 aliphatic carbocycles. The first-order valence-electron chi connectivity index (χ1n) is 17.6. The maximum absolute atomic E-state index is 13.3. The topological polar surface area (TPSA) is 91.0 Å². The number of aliphatic carboxylic acids is 1. The van der Waals surface area contributed by atoms with E-state index < -0.39 is 11.5 Å². The molecule has 6 heteroatoms. The van der Waals surface area contributed by atoms with E-state index in [0.29, 0.717) is 36.9 Å². The zero-order valence-electron chi connectivity index (χ0n) is 30.1. The number of nitrogens with two attached hydrogens (primary N) is 1. The molecule has 3 N–H and O–H groups in total. The van der Waals surface area contributed by atoms with Crippen LogP contribution in [0.5, 0.6) is 0 Å². The van der Waals surface area contributed by atoms with Crippen LogP contribution in [0.15, 0.2) is 11.6 Å². The summed E-state index contributed by atoms with van der Waals surface area (Å²) in [5.74, 6) is 0.580. The molecule has 1 saturated heterocycles. The molecule has 44 heavy (non-hydrogen) atoms. The molecule has 6 nitrogen and oxygen atoms in total. The van der Waals surface area contributed by atoms with Gasteiger partial charge in [0.15, 0.2) is 0 Å². The van der Waals surface area contributed by atoms with Crippen molar-refractivity contribution in [3.8, 4) is 0 Å². The van der Waals surface area contributed by atoms with Gasteiger partial charge in [-0.25, -0.2) is 0 Å². The SMILES string of the molecule is CO[C@@H]1C[C@@]23COC[C@@](C)([C@@H]2CC[C@H]2C3=CC[C@@]3(C)[C@H](C(=O)O)[C@@](C)([C@H](C)C(C)C)CC[C@]23C)[C@H]1OC[C@@](C)(N)C(C)(C)C. The molecule has 0 radical (unpaired) electrons. The van der Waals surface area contributed by atoms with Gasteiger partial charge in [-0.05, 0) is 90.8 Å². The van der Waals surface area contributed by atoms with Crippen molar-refractivity contribution in [2.24, 2.45) is 67.8 Å². The second kappa shape index (κ2) is 10.8. The first-order valence-corrected chi connectivity index (χ1v) is 17.6. The van der Waals surface area contributed by atoms with E-state index in [2.05, 4.69) is 82.2 Å². The number of ether oxygens (including phenoxy) is 3. The summed E-state index contributed by atoms with van der Waals surface area (Å²) in [6, 6.07) is 0. The summed E-state index contributed by atoms with van der Waals surface area (Å²) in [5.41, 5.74) is 6.85. The van der Waals surface area contributed by atoms with E-state index >= 15 is 0 Å². The number of carbonyl (C=O) groups is 1. The fourth-order valence-electron chi connectivity index (χ4n) is 11.6. The molecule has 252 valence electrons. The Morgan fingerprint density at radius 3 is 2.30 bits per heavy atom. The monoisotopic (exact) mass is 615 g/mol. The second-order valence-electron chi connectivity index (χ2n) is 18.7. The van der Waals surface area contributed by atoms with Crippen LogP contribution >= 0.6 is 0 Å². The molecule has 0 aromatic carbocycles. The Morgan fingerprint density at radius 1 is 1.07 bits per heavy atom. The quantitative estimate of drug-likeness (QED) is 0.285. The molecule has 5 aliphatic rings. The second-order valence-corrected chi connectivity index (χ2v) is 18.7. The highest BCUT2D eigenvalue weighted by Gasteiger charge is 2.71. The third-order valence-corrected chi connectivity index (χ3v) is 15.6. The van der Waals surface area contributed by atoms with E-state index in [9.17, 15) is 9.90 Å². The lowest BCUT2D eigenvalue weighted by molar-refractivity contribution is -0.270. The Labute approximate surface area is 268 Å². The summed E-state index contributed by atoms with van der Waals surface area (Å²) < 4.78 is 19.8. The molecule has 4 fully saturated rings. The van der Waals surface area contributed by atoms with E-state index in [1.807, 2.05) is 7.11 Å². The Hall–Kier alpha value is -0.950. The zero-order valence-corrected chi connectivity index (χ0v) is 30.1. The van der Waals surface area contributed by atoms with Gasteiger partial charge in [0.2, 0.25) is 0 Å². The van der Waals surface area contributed by atoms with Gasteiger partial charge in [0.1, 0.15) is 0 Å². The van der Waals surface area contributed by atoms with Crippen molar-refractivity contribution in [1.29, 1.82) is 0 Å². The fourth-order valence-corrected chi connectivity index (χ4v) is 11.6. The summed E-state index contributed by atoms with van der Waals surface area (Å²) in [7, 11) is 1.84. The molecule has 0 aromatic heterocycles. The summed E-state index contributed by atoms with van der Waals surface area (Å²) in [4.78, 5) is 13.3. The minimum Gasteiger partial charge on any atom is -0.481 e. The maximum Gasteiger partial charge on any atom is 0.307 e. The summed E-state index contributed by atoms with van der Waals surface area (Å²) in [5, 5.41) is 11.0. The van der Waals surface area contributed by atoms with Crippen molar-refractivity contribution in [1.82, 2.24) is 0 Å². The first-order chi connectivity index (χ1) is 20.2. The minimum atomic E-state index is -0.607. The van der Waals surface area contributed by atoms with Crippen LogP contribution in [-0.2, 0) is 19.0 Å². The van der Waals surface area contributed by atoms with Gasteiger partial charge in [-0.2, -0.15) is 0 Å². The number of allylic oxidation sites excluding steroid dienone is 1. The Balaban J connectivity index is 1.54. The van der Waals surface area contributed by atoms with Crippen molar-refractivity contribution in [2.45, 2.75) is 132 Å². The summed E-state index contributed by atoms with van der Waals surface area (Å²) in [6.45, 7) is 26.7. The lowest BCUT2D eigenvalue weighted by Gasteiger charge is -2.71. The molecular weight excluding hydrogens is 550 g/mol. The summed E-state index contributed by atoms with van der Waals surface area (Å²) >= 11 is 0. The van der Waals surface area contributed by atoms with Crippen LogP contribution in [-0.4, -0.2) is 55.8 Å². The van der Waals surface area contributed by atoms with Gasteiger partial charge in [-0.1, -0.05) is 80.9 Å². The predicted molar refractivity (Wildman–Crippen MR) is 176 cm³/mol. The van der Waals surface area contributed by atoms with Crippen molar-refractivity contribution in [3.63, 3.8) is 0 Å². The Morgan fingerprint density at radius 2 is 1.73 bits per heavy atom. The first kappa shape index (κ1) is 34.4. The largest absolute Gasteiger partial charge is 0.481 e. The molecule has 0 aromatic rings. The highest BCUT2D eigenvalue weighted by Crippen LogP contribution is 2.75. The van der Waals surface area contributed by atoms with Gasteiger partial charge in [-0.15, -0.1) is 0 Å². The minimum absolute atomic E-state index is 0.0509. The lowest BCUT2D eigenvalue weighted by atomic mass is 9.34. The highest BCUT2D eigenvalue weighted by molar-refractivity contribution is 5.73. The summed E-state index contributed by atoms with van der Waals surface area (Å²) in [6.07, 6.45) is 8.31. The average molecular weight is 616 g/mol. The molecule has 12 atom stereocenters. The van der Waals surface area contributed by atoms with Crippen LogP contribution < -0.4 is 5.73 Å². The molecule has 1 aliphatic heterocycles. The van der Waals surface area contributed by atoms with Gasteiger partial charge in [0.05, 0.1) is 37.9 Å². The number of carboxylic acids is 1. The highest BCUT2D eigenvalue weighted by atomic mass is 16.5. The van der Waals surface area contributed by atoms with Crippen molar-refractivity contribution < 1.29 is 24.1 Å². The van der Waals surface area contributed by atoms with Gasteiger partial charge in [-0.3, -0.25) is 4.79 Å². The zero-order chi connectivity index (χ0) is 32.9. The van der Waals surface area contributed by atoms with Crippen LogP contribution in [0.1, 0.15) is 115 Å². The third kappa shape index (κ3) is 4.57. The van der Waals surface area contributed by atoms with Crippen LogP contribution in [0.4, 0.5) is 0 Å². The molecular formula is C38H65NO5. The van der Waals surface area contributed by atoms with Crippen molar-refractivity contribution in [2.75, 3.05) is 26.9 Å². The van der Waals surface area contributed by atoms with Crippen LogP contribution in [0, 0.1) is 62.1 Å². The molecule has 2 bridgehead atoms. The van der Waals surface area contributed by atoms with Crippen LogP contribution in [0.2, 0.25) is 0 Å². The maximum atomic E-state index is 13.3. The van der Waals surface area contributed by atoms with Gasteiger partial charge >= 0.3 is 5.97 Å². The van der Waals surface area contributed by atoms with Crippen molar-refractivity contribution >= 4 is 5.97 Å². The lowest BCUT2D eigenvalue weighted by Crippen LogP contribution is -2.70. The fraction of sp³-hybridized carbons (Fsp3) is 0.921. The number of rotatable bonds is 7. The smallest absolute Gasteiger partial charge is 0.307 e. The number of fused-ring (bicyclic) bond motifs is 3. The normalized spacial score (nSPS) is 47.5. The van der Waals surface area contributed by atoms with E-state index in [1.54, 1.807) is 5.57 Å². The third-order valence-electron chi connectivity index (χ3n) is 15.6. The molecule has 0 amide bonds. The Bertz CT molecular complexity index is 1160. The molecule has 5 rings (SSSR count). The van der Waals surface area contributed by atoms with E-state index in [0.717, 1.165) is 45.1 Å². The van der Waals surface area contributed by atoms with E-state index in [1.165, 1.54) is 0 Å². The van der Waals surface area contributed by atoms with Crippen LogP contribution in [0.25, 0.3) is 0 Å². The van der Waals surface area contributed by atoms with Crippen LogP contribution in [0.3, 0.4) is 0 Å². The van der Waals surface area contributed by atoms with Gasteiger partial charge in [0, 0.05) is 23.5 Å². The van der Waals surface area contributed by atoms with Gasteiger partial charge < -0.3 is 25.1 Å². The number of hydrogen-bond acceptors (Lipinski definition) is 5. The molecule has 3 saturated carbocycles. The number of carboxylic acid groups (broad SMARTS) is 1. The predicted octanol–water partition coefficient (Wildman–Crippen LogP) is 7.74.